The summed E-state index contributed by atoms with van der Waals surface area (Å²) in [6, 6.07) is 4.27. The lowest BCUT2D eigenvalue weighted by atomic mass is 9.97. The standard InChI is InChI=1S/C12H17ClFNO/c1-8(7-16-2)5-12(15)10-4-3-9(13)6-11(10)14/h3-4,6,8,12H,5,7,15H2,1-2H3. The molecule has 0 saturated heterocycles. The van der Waals surface area contributed by atoms with Crippen molar-refractivity contribution < 1.29 is 9.13 Å². The van der Waals surface area contributed by atoms with Gasteiger partial charge < -0.3 is 10.5 Å². The van der Waals surface area contributed by atoms with Crippen molar-refractivity contribution in [1.29, 1.82) is 0 Å². The van der Waals surface area contributed by atoms with Crippen LogP contribution in [-0.2, 0) is 4.74 Å². The third kappa shape index (κ3) is 3.74. The molecule has 0 aliphatic heterocycles. The quantitative estimate of drug-likeness (QED) is 0.865. The lowest BCUT2D eigenvalue weighted by Crippen LogP contribution is -2.17. The van der Waals surface area contributed by atoms with E-state index in [0.717, 1.165) is 0 Å². The fourth-order valence-corrected chi connectivity index (χ4v) is 1.87. The van der Waals surface area contributed by atoms with Crippen LogP contribution in [-0.4, -0.2) is 13.7 Å². The summed E-state index contributed by atoms with van der Waals surface area (Å²) in [7, 11) is 1.64. The zero-order valence-corrected chi connectivity index (χ0v) is 10.3. The molecule has 2 atom stereocenters. The molecule has 0 radical (unpaired) electrons. The Bertz CT molecular complexity index is 346. The molecule has 2 unspecified atom stereocenters. The van der Waals surface area contributed by atoms with Gasteiger partial charge in [0, 0.05) is 30.3 Å². The summed E-state index contributed by atoms with van der Waals surface area (Å²) in [5.74, 6) is -0.0419. The van der Waals surface area contributed by atoms with Crippen LogP contribution in [0.2, 0.25) is 5.02 Å². The van der Waals surface area contributed by atoms with Crippen molar-refractivity contribution in [1.82, 2.24) is 0 Å². The summed E-state index contributed by atoms with van der Waals surface area (Å²) >= 11 is 5.68. The van der Waals surface area contributed by atoms with Crippen molar-refractivity contribution in [2.24, 2.45) is 11.7 Å². The van der Waals surface area contributed by atoms with E-state index in [1.165, 1.54) is 6.07 Å². The van der Waals surface area contributed by atoms with Crippen LogP contribution < -0.4 is 5.73 Å². The van der Waals surface area contributed by atoms with E-state index in [-0.39, 0.29) is 11.9 Å². The lowest BCUT2D eigenvalue weighted by Gasteiger charge is -2.17. The molecule has 0 aliphatic carbocycles. The molecule has 0 heterocycles. The second kappa shape index (κ2) is 6.18. The van der Waals surface area contributed by atoms with Crippen LogP contribution >= 0.6 is 11.6 Å². The van der Waals surface area contributed by atoms with E-state index in [1.54, 1.807) is 19.2 Å². The van der Waals surface area contributed by atoms with Gasteiger partial charge in [0.05, 0.1) is 0 Å². The predicted octanol–water partition coefficient (Wildman–Crippen LogP) is 3.15. The molecule has 2 N–H and O–H groups in total. The fraction of sp³-hybridized carbons (Fsp3) is 0.500. The average molecular weight is 246 g/mol. The maximum atomic E-state index is 13.5. The van der Waals surface area contributed by atoms with Crippen LogP contribution in [0.3, 0.4) is 0 Å². The SMILES string of the molecule is COCC(C)CC(N)c1ccc(Cl)cc1F. The summed E-state index contributed by atoms with van der Waals surface area (Å²) in [5.41, 5.74) is 6.45. The van der Waals surface area contributed by atoms with Crippen molar-refractivity contribution >= 4 is 11.6 Å². The Balaban J connectivity index is 2.69. The molecule has 0 aliphatic rings. The third-order valence-corrected chi connectivity index (χ3v) is 2.70. The highest BCUT2D eigenvalue weighted by atomic mass is 35.5. The molecule has 1 aromatic rings. The molecule has 1 aromatic carbocycles. The van der Waals surface area contributed by atoms with Gasteiger partial charge in [-0.2, -0.15) is 0 Å². The summed E-state index contributed by atoms with van der Waals surface area (Å²) in [5, 5.41) is 0.387. The predicted molar refractivity (Wildman–Crippen MR) is 64.0 cm³/mol. The van der Waals surface area contributed by atoms with Gasteiger partial charge >= 0.3 is 0 Å². The summed E-state index contributed by atoms with van der Waals surface area (Å²) in [6.07, 6.45) is 0.687. The number of hydrogen-bond acceptors (Lipinski definition) is 2. The largest absolute Gasteiger partial charge is 0.384 e. The number of nitrogens with two attached hydrogens (primary N) is 1. The van der Waals surface area contributed by atoms with Gasteiger partial charge in [-0.1, -0.05) is 24.6 Å². The van der Waals surface area contributed by atoms with Gasteiger partial charge in [0.1, 0.15) is 5.82 Å². The molecule has 0 spiro atoms. The average Bonchev–Trinajstić information content (AvgIpc) is 2.17. The molecular formula is C12H17ClFNO. The van der Waals surface area contributed by atoms with Crippen LogP contribution in [0.15, 0.2) is 18.2 Å². The normalized spacial score (nSPS) is 14.8. The molecule has 0 fully saturated rings. The van der Waals surface area contributed by atoms with Crippen LogP contribution in [0.1, 0.15) is 24.9 Å². The van der Waals surface area contributed by atoms with Gasteiger partial charge in [0.15, 0.2) is 0 Å². The summed E-state index contributed by atoms with van der Waals surface area (Å²) in [6.45, 7) is 2.65. The Hall–Kier alpha value is -0.640. The number of rotatable bonds is 5. The van der Waals surface area contributed by atoms with Crippen molar-refractivity contribution in [2.45, 2.75) is 19.4 Å². The second-order valence-corrected chi connectivity index (χ2v) is 4.50. The van der Waals surface area contributed by atoms with E-state index in [9.17, 15) is 4.39 Å². The van der Waals surface area contributed by atoms with Crippen molar-refractivity contribution in [3.05, 3.63) is 34.6 Å². The van der Waals surface area contributed by atoms with Gasteiger partial charge in [-0.25, -0.2) is 4.39 Å². The molecule has 16 heavy (non-hydrogen) atoms. The van der Waals surface area contributed by atoms with E-state index >= 15 is 0 Å². The fourth-order valence-electron chi connectivity index (χ4n) is 1.72. The van der Waals surface area contributed by atoms with Gasteiger partial charge in [-0.05, 0) is 24.5 Å². The molecule has 0 bridgehead atoms. The van der Waals surface area contributed by atoms with Gasteiger partial charge in [0.25, 0.3) is 0 Å². The lowest BCUT2D eigenvalue weighted by molar-refractivity contribution is 0.152. The van der Waals surface area contributed by atoms with Gasteiger partial charge in [0.2, 0.25) is 0 Å². The highest BCUT2D eigenvalue weighted by Crippen LogP contribution is 2.24. The van der Waals surface area contributed by atoms with Crippen molar-refractivity contribution in [3.63, 3.8) is 0 Å². The zero-order chi connectivity index (χ0) is 12.1. The number of methoxy groups -OCH3 is 1. The Morgan fingerprint density at radius 2 is 2.19 bits per heavy atom. The molecule has 90 valence electrons. The van der Waals surface area contributed by atoms with E-state index < -0.39 is 0 Å². The van der Waals surface area contributed by atoms with Crippen LogP contribution in [0.5, 0.6) is 0 Å². The molecule has 0 aromatic heterocycles. The minimum Gasteiger partial charge on any atom is -0.384 e. The van der Waals surface area contributed by atoms with Crippen LogP contribution in [0.25, 0.3) is 0 Å². The van der Waals surface area contributed by atoms with E-state index in [2.05, 4.69) is 0 Å². The topological polar surface area (TPSA) is 35.2 Å². The highest BCUT2D eigenvalue weighted by Gasteiger charge is 2.14. The molecular weight excluding hydrogens is 229 g/mol. The Morgan fingerprint density at radius 1 is 1.50 bits per heavy atom. The first-order valence-electron chi connectivity index (χ1n) is 5.24. The van der Waals surface area contributed by atoms with Gasteiger partial charge in [-0.3, -0.25) is 0 Å². The number of halogens is 2. The summed E-state index contributed by atoms with van der Waals surface area (Å²) < 4.78 is 18.6. The molecule has 0 saturated carbocycles. The van der Waals surface area contributed by atoms with E-state index in [1.807, 2.05) is 6.92 Å². The molecule has 1 rings (SSSR count). The van der Waals surface area contributed by atoms with E-state index in [4.69, 9.17) is 22.1 Å². The first kappa shape index (κ1) is 13.4. The highest BCUT2D eigenvalue weighted by molar-refractivity contribution is 6.30. The number of ether oxygens (including phenoxy) is 1. The first-order valence-corrected chi connectivity index (χ1v) is 5.61. The van der Waals surface area contributed by atoms with Gasteiger partial charge in [-0.15, -0.1) is 0 Å². The third-order valence-electron chi connectivity index (χ3n) is 2.47. The maximum absolute atomic E-state index is 13.5. The summed E-state index contributed by atoms with van der Waals surface area (Å²) in [4.78, 5) is 0. The van der Waals surface area contributed by atoms with Crippen LogP contribution in [0, 0.1) is 11.7 Å². The smallest absolute Gasteiger partial charge is 0.129 e. The van der Waals surface area contributed by atoms with Crippen molar-refractivity contribution in [3.8, 4) is 0 Å². The van der Waals surface area contributed by atoms with E-state index in [0.29, 0.717) is 29.5 Å². The minimum absolute atomic E-state index is 0.301. The van der Waals surface area contributed by atoms with Crippen molar-refractivity contribution in [2.75, 3.05) is 13.7 Å². The Labute approximate surface area is 101 Å². The Kier molecular flexibility index (Phi) is 5.19. The number of hydrogen-bond donors (Lipinski definition) is 1. The maximum Gasteiger partial charge on any atom is 0.129 e. The van der Waals surface area contributed by atoms with Crippen LogP contribution in [0.4, 0.5) is 4.39 Å². The second-order valence-electron chi connectivity index (χ2n) is 4.07. The molecule has 2 nitrogen and oxygen atoms in total. The zero-order valence-electron chi connectivity index (χ0n) is 9.54. The number of benzene rings is 1. The first-order chi connectivity index (χ1) is 7.54. The minimum atomic E-state index is -0.343. The molecule has 0 amide bonds. The monoisotopic (exact) mass is 245 g/mol. The Morgan fingerprint density at radius 3 is 2.75 bits per heavy atom. The molecule has 4 heteroatoms.